The van der Waals surface area contributed by atoms with E-state index in [1.165, 1.54) is 13.5 Å². The largest absolute Gasteiger partial charge is 0.468 e. The van der Waals surface area contributed by atoms with E-state index in [-0.39, 0.29) is 11.5 Å². The molecule has 1 heterocycles. The fourth-order valence-electron chi connectivity index (χ4n) is 3.54. The van der Waals surface area contributed by atoms with Crippen LogP contribution in [0.15, 0.2) is 0 Å². The van der Waals surface area contributed by atoms with E-state index < -0.39 is 0 Å². The summed E-state index contributed by atoms with van der Waals surface area (Å²) in [5.41, 5.74) is -0.332. The molecule has 1 saturated carbocycles. The highest BCUT2D eigenvalue weighted by molar-refractivity contribution is 5.81. The highest BCUT2D eigenvalue weighted by Gasteiger charge is 2.49. The van der Waals surface area contributed by atoms with Gasteiger partial charge in [0.15, 0.2) is 0 Å². The fourth-order valence-corrected chi connectivity index (χ4v) is 3.54. The topological polar surface area (TPSA) is 41.6 Å². The Labute approximate surface area is 110 Å². The lowest BCUT2D eigenvalue weighted by Crippen LogP contribution is -2.54. The van der Waals surface area contributed by atoms with Gasteiger partial charge < -0.3 is 10.1 Å². The van der Waals surface area contributed by atoms with Gasteiger partial charge in [0, 0.05) is 19.6 Å². The Morgan fingerprint density at radius 3 is 2.94 bits per heavy atom. The first kappa shape index (κ1) is 13.8. The molecule has 2 atom stereocenters. The van der Waals surface area contributed by atoms with Gasteiger partial charge in [0.05, 0.1) is 7.11 Å². The van der Waals surface area contributed by atoms with Gasteiger partial charge in [0.2, 0.25) is 0 Å². The monoisotopic (exact) mass is 254 g/mol. The molecule has 0 radical (unpaired) electrons. The Kier molecular flexibility index (Phi) is 4.62. The maximum atomic E-state index is 12.3. The van der Waals surface area contributed by atoms with E-state index in [1.807, 2.05) is 0 Å². The molecule has 4 nitrogen and oxygen atoms in total. The third-order valence-corrected chi connectivity index (χ3v) is 4.68. The van der Waals surface area contributed by atoms with Crippen LogP contribution in [0.25, 0.3) is 0 Å². The van der Waals surface area contributed by atoms with Crippen molar-refractivity contribution in [2.45, 2.75) is 44.6 Å². The molecule has 0 spiro atoms. The van der Waals surface area contributed by atoms with Crippen molar-refractivity contribution in [1.82, 2.24) is 10.2 Å². The highest BCUT2D eigenvalue weighted by Crippen LogP contribution is 2.41. The predicted octanol–water partition coefficient (Wildman–Crippen LogP) is 1.40. The Morgan fingerprint density at radius 1 is 1.44 bits per heavy atom. The number of nitrogens with zero attached hydrogens (tertiary/aromatic N) is 1. The van der Waals surface area contributed by atoms with Crippen molar-refractivity contribution in [1.29, 1.82) is 0 Å². The molecule has 18 heavy (non-hydrogen) atoms. The number of methoxy groups -OCH3 is 1. The summed E-state index contributed by atoms with van der Waals surface area (Å²) in [6.45, 7) is 6.24. The van der Waals surface area contributed by atoms with Crippen molar-refractivity contribution in [2.24, 2.45) is 5.92 Å². The molecule has 0 bridgehead atoms. The van der Waals surface area contributed by atoms with Crippen molar-refractivity contribution in [3.63, 3.8) is 0 Å². The van der Waals surface area contributed by atoms with Gasteiger partial charge in [0.25, 0.3) is 0 Å². The molecule has 1 aliphatic heterocycles. The Hall–Kier alpha value is -0.610. The second-order valence-electron chi connectivity index (χ2n) is 5.63. The zero-order valence-corrected chi connectivity index (χ0v) is 11.7. The van der Waals surface area contributed by atoms with Crippen LogP contribution in [0, 0.1) is 5.92 Å². The van der Waals surface area contributed by atoms with Crippen molar-refractivity contribution in [3.05, 3.63) is 0 Å². The molecule has 1 aliphatic carbocycles. The number of esters is 1. The van der Waals surface area contributed by atoms with Gasteiger partial charge in [-0.3, -0.25) is 9.69 Å². The first-order valence-corrected chi connectivity index (χ1v) is 7.27. The van der Waals surface area contributed by atoms with Crippen molar-refractivity contribution >= 4 is 5.97 Å². The smallest absolute Gasteiger partial charge is 0.326 e. The summed E-state index contributed by atoms with van der Waals surface area (Å²) in [6.07, 6.45) is 5.41. The number of rotatable bonds is 3. The van der Waals surface area contributed by atoms with Gasteiger partial charge in [-0.1, -0.05) is 13.3 Å². The molecule has 2 fully saturated rings. The molecule has 4 heteroatoms. The minimum absolute atomic E-state index is 0.0136. The highest BCUT2D eigenvalue weighted by atomic mass is 16.5. The van der Waals surface area contributed by atoms with Crippen LogP contribution in [0.5, 0.6) is 0 Å². The first-order valence-electron chi connectivity index (χ1n) is 7.27. The first-order chi connectivity index (χ1) is 8.73. The van der Waals surface area contributed by atoms with Crippen molar-refractivity contribution < 1.29 is 9.53 Å². The van der Waals surface area contributed by atoms with E-state index in [2.05, 4.69) is 17.1 Å². The van der Waals surface area contributed by atoms with Crippen molar-refractivity contribution in [3.8, 4) is 0 Å². The summed E-state index contributed by atoms with van der Waals surface area (Å²) in [7, 11) is 1.53. The Bertz CT molecular complexity index is 288. The second kappa shape index (κ2) is 6.02. The van der Waals surface area contributed by atoms with E-state index in [0.717, 1.165) is 51.9 Å². The molecule has 2 rings (SSSR count). The molecular weight excluding hydrogens is 228 g/mol. The van der Waals surface area contributed by atoms with Crippen LogP contribution < -0.4 is 5.32 Å². The number of nitrogens with one attached hydrogen (secondary N) is 1. The number of carbonyl (C=O) groups excluding carboxylic acids is 1. The molecule has 2 unspecified atom stereocenters. The van der Waals surface area contributed by atoms with E-state index in [0.29, 0.717) is 5.92 Å². The molecule has 104 valence electrons. The minimum atomic E-state index is -0.332. The van der Waals surface area contributed by atoms with E-state index in [4.69, 9.17) is 4.74 Å². The normalized spacial score (nSPS) is 34.2. The average molecular weight is 254 g/mol. The molecule has 1 N–H and O–H groups in total. The molecule has 2 aliphatic rings. The number of hydrogen-bond donors (Lipinski definition) is 1. The van der Waals surface area contributed by atoms with Crippen LogP contribution in [0.2, 0.25) is 0 Å². The minimum Gasteiger partial charge on any atom is -0.468 e. The molecule has 0 amide bonds. The summed E-state index contributed by atoms with van der Waals surface area (Å²) in [4.78, 5) is 14.7. The summed E-state index contributed by atoms with van der Waals surface area (Å²) in [5.74, 6) is 0.667. The lowest BCUT2D eigenvalue weighted by atomic mass is 9.92. The van der Waals surface area contributed by atoms with Gasteiger partial charge in [-0.05, 0) is 38.1 Å². The van der Waals surface area contributed by atoms with Gasteiger partial charge in [-0.15, -0.1) is 0 Å². The standard InChI is InChI=1S/C14H26N2O2/c1-3-12-5-6-14(11-12,13(17)18-2)16-9-4-7-15-8-10-16/h12,15H,3-11H2,1-2H3. The molecule has 0 aromatic rings. The number of hydrogen-bond acceptors (Lipinski definition) is 4. The molecule has 0 aromatic heterocycles. The van der Waals surface area contributed by atoms with Crippen LogP contribution in [0.3, 0.4) is 0 Å². The van der Waals surface area contributed by atoms with Crippen LogP contribution in [-0.2, 0) is 9.53 Å². The summed E-state index contributed by atoms with van der Waals surface area (Å²) in [5, 5.41) is 3.41. The van der Waals surface area contributed by atoms with E-state index in [9.17, 15) is 4.79 Å². The van der Waals surface area contributed by atoms with Crippen LogP contribution >= 0.6 is 0 Å². The maximum Gasteiger partial charge on any atom is 0.326 e. The molecule has 1 saturated heterocycles. The third-order valence-electron chi connectivity index (χ3n) is 4.68. The Morgan fingerprint density at radius 2 is 2.28 bits per heavy atom. The molecule has 0 aromatic carbocycles. The summed E-state index contributed by atoms with van der Waals surface area (Å²) >= 11 is 0. The van der Waals surface area contributed by atoms with Crippen LogP contribution in [0.1, 0.15) is 39.0 Å². The van der Waals surface area contributed by atoms with Gasteiger partial charge in [-0.25, -0.2) is 0 Å². The summed E-state index contributed by atoms with van der Waals surface area (Å²) < 4.78 is 5.12. The lowest BCUT2D eigenvalue weighted by Gasteiger charge is -2.38. The van der Waals surface area contributed by atoms with E-state index in [1.54, 1.807) is 0 Å². The SMILES string of the molecule is CCC1CCC(C(=O)OC)(N2CCCNCC2)C1. The second-order valence-corrected chi connectivity index (χ2v) is 5.63. The zero-order chi connectivity index (χ0) is 13.0. The Balaban J connectivity index is 2.16. The van der Waals surface area contributed by atoms with Crippen LogP contribution in [0.4, 0.5) is 0 Å². The quantitative estimate of drug-likeness (QED) is 0.773. The molecular formula is C14H26N2O2. The number of ether oxygens (including phenoxy) is 1. The van der Waals surface area contributed by atoms with Crippen LogP contribution in [-0.4, -0.2) is 49.7 Å². The van der Waals surface area contributed by atoms with Crippen molar-refractivity contribution in [2.75, 3.05) is 33.3 Å². The third kappa shape index (κ3) is 2.54. The maximum absolute atomic E-state index is 12.3. The number of carbonyl (C=O) groups is 1. The van der Waals surface area contributed by atoms with Gasteiger partial charge in [0.1, 0.15) is 5.54 Å². The predicted molar refractivity (Wildman–Crippen MR) is 71.4 cm³/mol. The summed E-state index contributed by atoms with van der Waals surface area (Å²) in [6, 6.07) is 0. The van der Waals surface area contributed by atoms with Gasteiger partial charge >= 0.3 is 5.97 Å². The zero-order valence-electron chi connectivity index (χ0n) is 11.7. The lowest BCUT2D eigenvalue weighted by molar-refractivity contribution is -0.155. The van der Waals surface area contributed by atoms with Gasteiger partial charge in [-0.2, -0.15) is 0 Å². The van der Waals surface area contributed by atoms with E-state index >= 15 is 0 Å². The average Bonchev–Trinajstić information content (AvgIpc) is 2.66. The fraction of sp³-hybridized carbons (Fsp3) is 0.929.